The number of rotatable bonds is 24. The maximum Gasteiger partial charge on any atom is 1.00 e. The number of benzene rings is 6. The predicted molar refractivity (Wildman–Crippen MR) is 478 cm³/mol. The van der Waals surface area contributed by atoms with Gasteiger partial charge in [0.15, 0.2) is 0 Å². The zero-order valence-corrected chi connectivity index (χ0v) is 98.1. The summed E-state index contributed by atoms with van der Waals surface area (Å²) in [6, 6.07) is 33.5. The summed E-state index contributed by atoms with van der Waals surface area (Å²) in [6.45, 7) is 1.90. The van der Waals surface area contributed by atoms with E-state index < -0.39 is 70.6 Å². The van der Waals surface area contributed by atoms with Crippen LogP contribution in [-0.2, 0) is 105 Å². The van der Waals surface area contributed by atoms with Crippen LogP contribution in [-0.4, -0.2) is 156 Å². The van der Waals surface area contributed by atoms with E-state index in [0.717, 1.165) is 13.1 Å². The Morgan fingerprint density at radius 3 is 0.830 bits per heavy atom. The second kappa shape index (κ2) is 73.3. The third-order valence-corrected chi connectivity index (χ3v) is 19.6. The number of nitrogens with one attached hydrogen (secondary N) is 1. The molecule has 33 nitrogen and oxygen atoms in total. The summed E-state index contributed by atoms with van der Waals surface area (Å²) in [7, 11) is 9.47. The molecule has 0 aliphatic carbocycles. The van der Waals surface area contributed by atoms with Crippen LogP contribution in [0.5, 0.6) is 0 Å². The van der Waals surface area contributed by atoms with E-state index in [0.29, 0.717) is 101 Å². The molecule has 6 aromatic carbocycles. The smallest absolute Gasteiger partial charge is 1.00 e. The number of aliphatic carboxylic acids is 1. The number of hydrogen-bond donors (Lipinski definition) is 4. The van der Waals surface area contributed by atoms with Gasteiger partial charge in [0.25, 0.3) is 12.9 Å². The van der Waals surface area contributed by atoms with Crippen LogP contribution in [0.25, 0.3) is 66.8 Å². The number of aliphatic hydroxyl groups is 1. The summed E-state index contributed by atoms with van der Waals surface area (Å²) < 4.78 is 117. The number of alkyl halides is 1. The van der Waals surface area contributed by atoms with Gasteiger partial charge in [-0.3, -0.25) is 44.1 Å². The molecular weight excluding hydrogens is 2180 g/mol. The number of hydrogen-bond acceptors (Lipinski definition) is 30. The molecule has 12 rings (SSSR count). The molecular formula is C91H77BrCl5F6K5N6O27. The first-order valence-corrected chi connectivity index (χ1v) is 40.7. The number of carboxylic acids is 3. The van der Waals surface area contributed by atoms with Gasteiger partial charge >= 0.3 is 299 Å². The van der Waals surface area contributed by atoms with Crippen molar-refractivity contribution in [3.8, 4) is 66.8 Å². The van der Waals surface area contributed by atoms with Crippen molar-refractivity contribution >= 4 is 135 Å². The zero-order chi connectivity index (χ0) is 102. The Balaban J connectivity index is -0.000000784. The summed E-state index contributed by atoms with van der Waals surface area (Å²) >= 11 is 34.6. The third-order valence-electron chi connectivity index (χ3n) is 17.1. The van der Waals surface area contributed by atoms with Gasteiger partial charge in [0.1, 0.15) is 47.1 Å². The molecule has 6 aromatic heterocycles. The minimum Gasteiger partial charge on any atom is -1.00 e. The Morgan fingerprint density at radius 1 is 0.383 bits per heavy atom. The normalized spacial score (nSPS) is 9.65. The molecule has 0 spiro atoms. The number of aromatic amines is 1. The Morgan fingerprint density at radius 2 is 0.603 bits per heavy atom. The Kier molecular flexibility index (Phi) is 71.3. The van der Waals surface area contributed by atoms with Crippen molar-refractivity contribution in [1.82, 2.24) is 29.9 Å². The Bertz CT molecular complexity index is 6090. The second-order valence-electron chi connectivity index (χ2n) is 25.8. The first-order valence-electron chi connectivity index (χ1n) is 37.7. The second-order valence-corrected chi connectivity index (χ2v) is 28.2. The molecule has 722 valence electrons. The maximum absolute atomic E-state index is 13.1. The standard InChI is InChI=1S/C16H13ClFNO4.C15H13ClFNO3.C14H10BrClFNO2.2C14H11ClFNO3.C14H12FNO4.C2H4O2.2CH2O3.5K.2H/c1-9(20)23-8-13-14(10-3-5-11(18)6-4-10)15(17)12(7-19-13)16(21)22-2;1-20-8-12-13(9-3-5-10(17)6-4-9)14(16)11(7-18-12)15(19)21-2;1-20-14(19)10-7-18-11(6-15)12(13(10)16)8-2-4-9(17)5-3-8;1-20-7-11-12(8-2-4-9(16)5-3-8)13(15)10(6-17-11)14(18)19;1-20-14(19)10-6-17-11(7-18)12(13(10)15)8-2-4-9(16)5-3-8;1-20-7-11-12(8-2-4-9(15)5-3-8)13(17)10(6-16-11)14(18)19;1-2(3)4;2*2-1-4-3;;;;;;;/h3-7H,8H2,1-2H3;3-7H,8H2,1-2H3;2-5,7H,6H2,1H3;2-6H,7H2,1H3,(H,18,19);2-6,18H,7H2,1H3;2-6H,7H2,1H3,(H,16,17)(H,18,19);1H3,(H,3,4);2*1,3H;;;;;;;/q;;;;;;;;;5*+1;2*-1/p-3. The van der Waals surface area contributed by atoms with E-state index in [1.165, 1.54) is 209 Å². The van der Waals surface area contributed by atoms with Gasteiger partial charge in [0.2, 0.25) is 5.43 Å². The van der Waals surface area contributed by atoms with Crippen molar-refractivity contribution in [2.24, 2.45) is 0 Å². The molecule has 0 amide bonds. The van der Waals surface area contributed by atoms with Crippen LogP contribution in [0.4, 0.5) is 26.3 Å². The van der Waals surface area contributed by atoms with E-state index in [2.05, 4.69) is 74.6 Å². The third kappa shape index (κ3) is 43.5. The minimum absolute atomic E-state index is 0. The zero-order valence-electron chi connectivity index (χ0n) is 79.1. The van der Waals surface area contributed by atoms with Gasteiger partial charge in [0, 0.05) is 105 Å². The summed E-state index contributed by atoms with van der Waals surface area (Å²) in [4.78, 5) is 147. The fourth-order valence-corrected chi connectivity index (χ4v) is 13.4. The molecule has 0 radical (unpaired) electrons. The molecule has 0 saturated heterocycles. The molecule has 141 heavy (non-hydrogen) atoms. The number of carbonyl (C=O) groups is 10. The number of methoxy groups -OCH3 is 7. The molecule has 50 heteroatoms. The van der Waals surface area contributed by atoms with Crippen LogP contribution in [0.2, 0.25) is 25.1 Å². The number of aromatic carboxylic acids is 2. The van der Waals surface area contributed by atoms with E-state index in [1.54, 1.807) is 24.3 Å². The number of nitrogens with zero attached hydrogens (tertiary/aromatic N) is 5. The summed E-state index contributed by atoms with van der Waals surface area (Å²) in [5.41, 5.74) is 8.12. The Labute approximate surface area is 1050 Å². The molecule has 12 aromatic rings. The Hall–Kier alpha value is -5.83. The molecule has 0 bridgehead atoms. The number of pyridine rings is 6. The van der Waals surface area contributed by atoms with Crippen LogP contribution >= 0.6 is 73.9 Å². The summed E-state index contributed by atoms with van der Waals surface area (Å²) in [5, 5.41) is 54.3. The average molecular weight is 2250 g/mol. The van der Waals surface area contributed by atoms with Crippen molar-refractivity contribution in [3.05, 3.63) is 321 Å². The van der Waals surface area contributed by atoms with E-state index in [-0.39, 0.29) is 387 Å². The fourth-order valence-electron chi connectivity index (χ4n) is 11.2. The van der Waals surface area contributed by atoms with Crippen molar-refractivity contribution in [3.63, 3.8) is 0 Å². The number of ether oxygens (including phenoxy) is 8. The number of carbonyl (C=O) groups excluding carboxylic acids is 8. The summed E-state index contributed by atoms with van der Waals surface area (Å²) in [6.07, 6.45) is 7.53. The minimum atomic E-state index is -1.32. The van der Waals surface area contributed by atoms with Crippen molar-refractivity contribution in [2.75, 3.05) is 49.8 Å². The van der Waals surface area contributed by atoms with Crippen LogP contribution in [0, 0.1) is 34.9 Å². The van der Waals surface area contributed by atoms with Gasteiger partial charge in [-0.25, -0.2) is 55.1 Å². The van der Waals surface area contributed by atoms with Gasteiger partial charge in [0.05, 0.1) is 148 Å². The van der Waals surface area contributed by atoms with E-state index >= 15 is 0 Å². The number of aromatic nitrogens is 6. The number of halogens is 12. The first kappa shape index (κ1) is 137. The van der Waals surface area contributed by atoms with Crippen LogP contribution in [0.3, 0.4) is 0 Å². The molecule has 0 aliphatic heterocycles. The quantitative estimate of drug-likeness (QED) is 0.00917. The predicted octanol–water partition coefficient (Wildman–Crippen LogP) is 0.189. The molecule has 0 aliphatic rings. The van der Waals surface area contributed by atoms with Crippen LogP contribution in [0.15, 0.2) is 188 Å². The van der Waals surface area contributed by atoms with Crippen molar-refractivity contribution < 1.29 is 413 Å². The summed E-state index contributed by atoms with van der Waals surface area (Å²) in [5.74, 6) is -8.82. The number of aliphatic hydroxyl groups excluding tert-OH is 1. The average Bonchev–Trinajstić information content (AvgIpc) is 0.835. The number of H-pyrrole nitrogens is 1. The van der Waals surface area contributed by atoms with Crippen LogP contribution in [0.1, 0.15) is 113 Å². The van der Waals surface area contributed by atoms with Crippen molar-refractivity contribution in [1.29, 1.82) is 0 Å². The van der Waals surface area contributed by atoms with Crippen LogP contribution < -0.4 is 278 Å². The number of carboxylic acid groups (broad SMARTS) is 3. The monoisotopic (exact) mass is 2250 g/mol. The first-order chi connectivity index (χ1) is 64.8. The van der Waals surface area contributed by atoms with Gasteiger partial charge in [-0.15, -0.1) is 0 Å². The maximum atomic E-state index is 13.1. The van der Waals surface area contributed by atoms with Crippen molar-refractivity contribution in [2.45, 2.75) is 52.2 Å². The molecule has 6 heterocycles. The largest absolute Gasteiger partial charge is 1.00 e. The van der Waals surface area contributed by atoms with E-state index in [9.17, 15) is 69.8 Å². The SMILES string of the molecule is CC(=O)[O-].COC(=O)c1cnc(CBr)c(-c2ccc(F)cc2)c1Cl.COC(=O)c1cnc(CO)c(-c2ccc(F)cc2)c1Cl.COC(=O)c1cnc(COC(C)=O)c(-c2ccc(F)cc2)c1Cl.COCc1[nH]cc(C(=O)O)c(=O)c1-c1ccc(F)cc1.COCc1ncc(C(=O)O)c(Cl)c1-c1ccc(F)cc1.COCc1ncc(C(=O)OC)c(Cl)c1-c1ccc(F)cc1.O=CO[O-].O=CO[O-].[H-].[H-].[K+].[K+].[K+].[K+].[K+]. The topological polar surface area (TPSA) is 490 Å². The van der Waals surface area contributed by atoms with Gasteiger partial charge in [-0.2, -0.15) is 0 Å². The molecule has 0 unspecified atom stereocenters. The molecule has 0 saturated carbocycles. The van der Waals surface area contributed by atoms with Gasteiger partial charge < -0.3 is 91.2 Å². The van der Waals surface area contributed by atoms with Gasteiger partial charge in [-0.05, 0) is 113 Å². The fraction of sp³-hybridized carbons (Fsp3) is 0.165. The molecule has 0 atom stereocenters. The van der Waals surface area contributed by atoms with Gasteiger partial charge in [-0.1, -0.05) is 147 Å². The van der Waals surface area contributed by atoms with E-state index in [1.807, 2.05) is 0 Å². The molecule has 4 N–H and O–H groups in total. The van der Waals surface area contributed by atoms with E-state index in [4.69, 9.17) is 117 Å². The molecule has 0 fully saturated rings. The number of esters is 5.